The van der Waals surface area contributed by atoms with Crippen LogP contribution in [0.15, 0.2) is 23.2 Å². The molecule has 0 saturated carbocycles. The van der Waals surface area contributed by atoms with Crippen molar-refractivity contribution in [2.75, 3.05) is 20.8 Å². The Hall–Kier alpha value is -2.04. The number of nitrogens with one attached hydrogen (secondary N) is 2. The molecule has 0 saturated heterocycles. The Morgan fingerprint density at radius 3 is 2.50 bits per heavy atom. The van der Waals surface area contributed by atoms with Crippen molar-refractivity contribution in [1.29, 1.82) is 0 Å². The molecule has 1 heterocycles. The van der Waals surface area contributed by atoms with E-state index in [0.717, 1.165) is 42.6 Å². The van der Waals surface area contributed by atoms with E-state index in [1.807, 2.05) is 36.7 Å². The maximum atomic E-state index is 5.36. The number of methoxy groups -OCH3 is 2. The van der Waals surface area contributed by atoms with Gasteiger partial charge in [0, 0.05) is 13.6 Å². The van der Waals surface area contributed by atoms with E-state index in [4.69, 9.17) is 9.47 Å². The second kappa shape index (κ2) is 12.4. The van der Waals surface area contributed by atoms with Gasteiger partial charge in [-0.2, -0.15) is 0 Å². The maximum Gasteiger partial charge on any atom is 0.191 e. The van der Waals surface area contributed by atoms with Crippen molar-refractivity contribution in [1.82, 2.24) is 25.4 Å². The van der Waals surface area contributed by atoms with Crippen LogP contribution in [0.5, 0.6) is 11.5 Å². The van der Waals surface area contributed by atoms with Gasteiger partial charge in [0.05, 0.1) is 27.3 Å². The van der Waals surface area contributed by atoms with Gasteiger partial charge in [-0.3, -0.25) is 0 Å². The average molecular weight is 502 g/mol. The van der Waals surface area contributed by atoms with Crippen molar-refractivity contribution in [2.45, 2.75) is 39.8 Å². The summed E-state index contributed by atoms with van der Waals surface area (Å²) in [4.78, 5) is 4.69. The molecule has 0 unspecified atom stereocenters. The summed E-state index contributed by atoms with van der Waals surface area (Å²) < 4.78 is 12.6. The van der Waals surface area contributed by atoms with E-state index in [1.54, 1.807) is 14.2 Å². The van der Waals surface area contributed by atoms with Gasteiger partial charge in [-0.15, -0.1) is 34.2 Å². The fraction of sp³-hybridized carbons (Fsp3) is 0.526. The first-order valence-corrected chi connectivity index (χ1v) is 9.17. The molecule has 156 valence electrons. The highest BCUT2D eigenvalue weighted by atomic mass is 127. The third-order valence-corrected chi connectivity index (χ3v) is 4.29. The molecule has 28 heavy (non-hydrogen) atoms. The van der Waals surface area contributed by atoms with E-state index in [-0.39, 0.29) is 24.0 Å². The molecule has 9 heteroatoms. The number of unbranched alkanes of at least 4 members (excludes halogenated alkanes) is 1. The molecule has 0 amide bonds. The zero-order valence-electron chi connectivity index (χ0n) is 17.3. The van der Waals surface area contributed by atoms with Crippen LogP contribution >= 0.6 is 24.0 Å². The minimum Gasteiger partial charge on any atom is -0.493 e. The van der Waals surface area contributed by atoms with Crippen molar-refractivity contribution < 1.29 is 9.47 Å². The third-order valence-electron chi connectivity index (χ3n) is 4.29. The number of benzene rings is 1. The third kappa shape index (κ3) is 6.84. The lowest BCUT2D eigenvalue weighted by Gasteiger charge is -2.13. The highest BCUT2D eigenvalue weighted by molar-refractivity contribution is 14.0. The predicted octanol–water partition coefficient (Wildman–Crippen LogP) is 2.79. The van der Waals surface area contributed by atoms with Gasteiger partial charge in [-0.1, -0.05) is 19.4 Å². The van der Waals surface area contributed by atoms with Crippen molar-refractivity contribution in [3.05, 3.63) is 35.4 Å². The smallest absolute Gasteiger partial charge is 0.191 e. The molecule has 2 rings (SSSR count). The molecule has 0 atom stereocenters. The molecule has 2 N–H and O–H groups in total. The van der Waals surface area contributed by atoms with E-state index in [1.165, 1.54) is 0 Å². The number of halogens is 1. The number of aliphatic imine (C=N–C) groups is 1. The maximum absolute atomic E-state index is 5.36. The van der Waals surface area contributed by atoms with E-state index in [9.17, 15) is 0 Å². The number of aromatic nitrogens is 3. The molecule has 0 fully saturated rings. The van der Waals surface area contributed by atoms with Gasteiger partial charge in [0.1, 0.15) is 5.82 Å². The summed E-state index contributed by atoms with van der Waals surface area (Å²) >= 11 is 0. The summed E-state index contributed by atoms with van der Waals surface area (Å²) in [5, 5.41) is 15.0. The Balaban J connectivity index is 0.00000392. The van der Waals surface area contributed by atoms with Gasteiger partial charge in [0.25, 0.3) is 0 Å². The van der Waals surface area contributed by atoms with Crippen molar-refractivity contribution in [3.8, 4) is 11.5 Å². The lowest BCUT2D eigenvalue weighted by atomic mass is 10.2. The minimum atomic E-state index is 0. The van der Waals surface area contributed by atoms with Crippen LogP contribution in [0.2, 0.25) is 0 Å². The van der Waals surface area contributed by atoms with E-state index in [2.05, 4.69) is 32.7 Å². The number of ether oxygens (including phenoxy) is 2. The highest BCUT2D eigenvalue weighted by Gasteiger charge is 2.07. The van der Waals surface area contributed by atoms with E-state index in [0.29, 0.717) is 24.6 Å². The standard InChI is InChI=1S/C19H30N6O2.HI/c1-6-7-10-20-19(22-13-18-24-23-14(2)25(18)3)21-12-15-8-9-16(26-4)17(11-15)27-5;/h8-9,11H,6-7,10,12-13H2,1-5H3,(H2,20,21,22);1H. The summed E-state index contributed by atoms with van der Waals surface area (Å²) in [6.45, 7) is 6.05. The van der Waals surface area contributed by atoms with Gasteiger partial charge in [-0.05, 0) is 31.0 Å². The van der Waals surface area contributed by atoms with Crippen molar-refractivity contribution in [2.24, 2.45) is 12.0 Å². The van der Waals surface area contributed by atoms with Gasteiger partial charge < -0.3 is 24.7 Å². The summed E-state index contributed by atoms with van der Waals surface area (Å²) in [6.07, 6.45) is 2.21. The zero-order valence-corrected chi connectivity index (χ0v) is 19.6. The van der Waals surface area contributed by atoms with Crippen LogP contribution in [0.25, 0.3) is 0 Å². The fourth-order valence-corrected chi connectivity index (χ4v) is 2.47. The zero-order chi connectivity index (χ0) is 19.6. The van der Waals surface area contributed by atoms with Crippen LogP contribution in [0.1, 0.15) is 37.0 Å². The lowest BCUT2D eigenvalue weighted by Crippen LogP contribution is -2.38. The first-order chi connectivity index (χ1) is 13.1. The number of guanidine groups is 1. The number of nitrogens with zero attached hydrogens (tertiary/aromatic N) is 4. The van der Waals surface area contributed by atoms with Crippen LogP contribution in [0.3, 0.4) is 0 Å². The predicted molar refractivity (Wildman–Crippen MR) is 122 cm³/mol. The van der Waals surface area contributed by atoms with Gasteiger partial charge in [0.2, 0.25) is 0 Å². The Bertz CT molecular complexity index is 763. The topological polar surface area (TPSA) is 85.6 Å². The number of hydrogen-bond donors (Lipinski definition) is 2. The molecule has 2 aromatic rings. The summed E-state index contributed by atoms with van der Waals surface area (Å²) in [5.74, 6) is 3.91. The second-order valence-corrected chi connectivity index (χ2v) is 6.21. The Labute approximate surface area is 184 Å². The van der Waals surface area contributed by atoms with Crippen LogP contribution in [-0.4, -0.2) is 41.5 Å². The van der Waals surface area contributed by atoms with Crippen LogP contribution in [-0.2, 0) is 20.1 Å². The molecule has 1 aromatic heterocycles. The molecule has 0 aliphatic rings. The van der Waals surface area contributed by atoms with Gasteiger partial charge >= 0.3 is 0 Å². The molecule has 0 aliphatic heterocycles. The minimum absolute atomic E-state index is 0. The Morgan fingerprint density at radius 2 is 1.89 bits per heavy atom. The first-order valence-electron chi connectivity index (χ1n) is 9.17. The summed E-state index contributed by atoms with van der Waals surface area (Å²) in [6, 6.07) is 5.82. The SMILES string of the molecule is CCCCNC(=NCc1ccc(OC)c(OC)c1)NCc1nnc(C)n1C.I. The first kappa shape index (κ1) is 24.0. The van der Waals surface area contributed by atoms with Crippen LogP contribution < -0.4 is 20.1 Å². The molecule has 0 radical (unpaired) electrons. The molecule has 0 bridgehead atoms. The fourth-order valence-electron chi connectivity index (χ4n) is 2.47. The van der Waals surface area contributed by atoms with Crippen LogP contribution in [0.4, 0.5) is 0 Å². The summed E-state index contributed by atoms with van der Waals surface area (Å²) in [5.41, 5.74) is 1.04. The van der Waals surface area contributed by atoms with E-state index >= 15 is 0 Å². The van der Waals surface area contributed by atoms with Crippen molar-refractivity contribution >= 4 is 29.9 Å². The number of aryl methyl sites for hydroxylation is 1. The molecule has 8 nitrogen and oxygen atoms in total. The second-order valence-electron chi connectivity index (χ2n) is 6.21. The monoisotopic (exact) mass is 502 g/mol. The lowest BCUT2D eigenvalue weighted by molar-refractivity contribution is 0.354. The molecule has 1 aromatic carbocycles. The highest BCUT2D eigenvalue weighted by Crippen LogP contribution is 2.27. The van der Waals surface area contributed by atoms with Crippen LogP contribution in [0, 0.1) is 6.92 Å². The number of rotatable bonds is 9. The summed E-state index contributed by atoms with van der Waals surface area (Å²) in [7, 11) is 5.22. The van der Waals surface area contributed by atoms with Gasteiger partial charge in [-0.25, -0.2) is 4.99 Å². The average Bonchev–Trinajstić information content (AvgIpc) is 3.01. The largest absolute Gasteiger partial charge is 0.493 e. The molecule has 0 aliphatic carbocycles. The quantitative estimate of drug-likeness (QED) is 0.238. The Kier molecular flexibility index (Phi) is 10.6. The number of hydrogen-bond acceptors (Lipinski definition) is 5. The van der Waals surface area contributed by atoms with E-state index < -0.39 is 0 Å². The van der Waals surface area contributed by atoms with Crippen molar-refractivity contribution in [3.63, 3.8) is 0 Å². The molecular weight excluding hydrogens is 471 g/mol. The normalized spacial score (nSPS) is 11.0. The molecule has 0 spiro atoms. The molecular formula is C19H31IN6O2. The van der Waals surface area contributed by atoms with Gasteiger partial charge in [0.15, 0.2) is 23.3 Å². The Morgan fingerprint density at radius 1 is 1.14 bits per heavy atom.